The number of furan rings is 1. The Morgan fingerprint density at radius 1 is 1.35 bits per heavy atom. The van der Waals surface area contributed by atoms with Crippen molar-refractivity contribution in [1.29, 1.82) is 0 Å². The monoisotopic (exact) mass is 319 g/mol. The van der Waals surface area contributed by atoms with Gasteiger partial charge in [0.25, 0.3) is 5.91 Å². The van der Waals surface area contributed by atoms with Crippen molar-refractivity contribution >= 4 is 11.9 Å². The lowest BCUT2D eigenvalue weighted by Crippen LogP contribution is -2.35. The minimum Gasteiger partial charge on any atom is -0.481 e. The summed E-state index contributed by atoms with van der Waals surface area (Å²) in [5.74, 6) is -1.70. The molecule has 1 heterocycles. The van der Waals surface area contributed by atoms with Crippen LogP contribution in [0.25, 0.3) is 0 Å². The molecule has 5 nitrogen and oxygen atoms in total. The number of aliphatic carboxylic acids is 1. The number of carbonyl (C=O) groups excluding carboxylic acids is 1. The van der Waals surface area contributed by atoms with Crippen LogP contribution >= 0.6 is 0 Å². The second kappa shape index (κ2) is 7.09. The van der Waals surface area contributed by atoms with E-state index in [-0.39, 0.29) is 29.6 Å². The van der Waals surface area contributed by atoms with E-state index in [0.717, 1.165) is 0 Å². The summed E-state index contributed by atoms with van der Waals surface area (Å²) in [6.45, 7) is 3.43. The van der Waals surface area contributed by atoms with E-state index in [1.54, 1.807) is 32.0 Å². The Kier molecular flexibility index (Phi) is 5.16. The largest absolute Gasteiger partial charge is 0.481 e. The number of amides is 1. The SMILES string of the molecule is Cc1coc(CC(=O)O)c1C(=O)NC(C)Cc1ccccc1F. The zero-order valence-corrected chi connectivity index (χ0v) is 12.9. The van der Waals surface area contributed by atoms with Crippen molar-refractivity contribution in [2.24, 2.45) is 0 Å². The van der Waals surface area contributed by atoms with Gasteiger partial charge in [0, 0.05) is 11.6 Å². The molecule has 0 aliphatic heterocycles. The van der Waals surface area contributed by atoms with Gasteiger partial charge in [-0.1, -0.05) is 18.2 Å². The minimum atomic E-state index is -1.08. The number of carbonyl (C=O) groups is 2. The fraction of sp³-hybridized carbons (Fsp3) is 0.294. The summed E-state index contributed by atoms with van der Waals surface area (Å²) < 4.78 is 18.8. The van der Waals surface area contributed by atoms with Crippen molar-refractivity contribution in [3.05, 3.63) is 58.8 Å². The Balaban J connectivity index is 2.08. The number of halogens is 1. The number of hydrogen-bond acceptors (Lipinski definition) is 3. The van der Waals surface area contributed by atoms with Crippen LogP contribution in [0.2, 0.25) is 0 Å². The summed E-state index contributed by atoms with van der Waals surface area (Å²) in [4.78, 5) is 23.2. The van der Waals surface area contributed by atoms with E-state index in [2.05, 4.69) is 5.32 Å². The first kappa shape index (κ1) is 16.7. The van der Waals surface area contributed by atoms with E-state index in [9.17, 15) is 14.0 Å². The van der Waals surface area contributed by atoms with E-state index in [4.69, 9.17) is 9.52 Å². The van der Waals surface area contributed by atoms with Crippen molar-refractivity contribution in [3.63, 3.8) is 0 Å². The van der Waals surface area contributed by atoms with Crippen LogP contribution in [-0.2, 0) is 17.6 Å². The molecule has 0 fully saturated rings. The molecule has 1 atom stereocenters. The molecule has 122 valence electrons. The maximum absolute atomic E-state index is 13.6. The molecule has 0 bridgehead atoms. The lowest BCUT2D eigenvalue weighted by molar-refractivity contribution is -0.136. The molecule has 0 aliphatic carbocycles. The van der Waals surface area contributed by atoms with Crippen LogP contribution in [0.3, 0.4) is 0 Å². The van der Waals surface area contributed by atoms with Crippen LogP contribution in [-0.4, -0.2) is 23.0 Å². The molecule has 6 heteroatoms. The van der Waals surface area contributed by atoms with Gasteiger partial charge in [0.2, 0.25) is 0 Å². The van der Waals surface area contributed by atoms with E-state index in [1.165, 1.54) is 12.3 Å². The maximum Gasteiger partial charge on any atom is 0.311 e. The summed E-state index contributed by atoms with van der Waals surface area (Å²) in [7, 11) is 0. The highest BCUT2D eigenvalue weighted by atomic mass is 19.1. The first-order chi connectivity index (χ1) is 10.9. The first-order valence-corrected chi connectivity index (χ1v) is 7.21. The smallest absolute Gasteiger partial charge is 0.311 e. The van der Waals surface area contributed by atoms with Gasteiger partial charge in [-0.3, -0.25) is 9.59 Å². The van der Waals surface area contributed by atoms with Crippen LogP contribution in [0.4, 0.5) is 4.39 Å². The van der Waals surface area contributed by atoms with E-state index >= 15 is 0 Å². The molecule has 0 spiro atoms. The number of hydrogen-bond donors (Lipinski definition) is 2. The van der Waals surface area contributed by atoms with Crippen molar-refractivity contribution in [3.8, 4) is 0 Å². The second-order valence-corrected chi connectivity index (χ2v) is 5.46. The number of rotatable bonds is 6. The highest BCUT2D eigenvalue weighted by Crippen LogP contribution is 2.18. The van der Waals surface area contributed by atoms with Gasteiger partial charge < -0.3 is 14.8 Å². The molecule has 0 radical (unpaired) electrons. The molecule has 0 saturated heterocycles. The van der Waals surface area contributed by atoms with Crippen molar-refractivity contribution in [2.45, 2.75) is 32.7 Å². The summed E-state index contributed by atoms with van der Waals surface area (Å²) in [6, 6.07) is 6.06. The molecule has 0 aliphatic rings. The number of benzene rings is 1. The molecule has 1 amide bonds. The number of nitrogens with one attached hydrogen (secondary N) is 1. The number of aryl methyl sites for hydroxylation is 1. The second-order valence-electron chi connectivity index (χ2n) is 5.46. The Labute approximate surface area is 133 Å². The molecule has 23 heavy (non-hydrogen) atoms. The summed E-state index contributed by atoms with van der Waals surface area (Å²) in [5, 5.41) is 11.6. The summed E-state index contributed by atoms with van der Waals surface area (Å²) in [6.07, 6.45) is 1.33. The van der Waals surface area contributed by atoms with Gasteiger partial charge in [0.05, 0.1) is 11.8 Å². The number of carboxylic acid groups (broad SMARTS) is 1. The van der Waals surface area contributed by atoms with Crippen molar-refractivity contribution < 1.29 is 23.5 Å². The highest BCUT2D eigenvalue weighted by Gasteiger charge is 2.22. The molecule has 1 unspecified atom stereocenters. The quantitative estimate of drug-likeness (QED) is 0.858. The molecular weight excluding hydrogens is 301 g/mol. The minimum absolute atomic E-state index is 0.116. The van der Waals surface area contributed by atoms with Gasteiger partial charge in [-0.25, -0.2) is 4.39 Å². The van der Waals surface area contributed by atoms with Crippen LogP contribution in [0, 0.1) is 12.7 Å². The fourth-order valence-corrected chi connectivity index (χ4v) is 2.41. The van der Waals surface area contributed by atoms with Gasteiger partial charge in [-0.15, -0.1) is 0 Å². The van der Waals surface area contributed by atoms with Crippen molar-refractivity contribution in [2.75, 3.05) is 0 Å². The predicted octanol–water partition coefficient (Wildman–Crippen LogP) is 2.72. The zero-order valence-electron chi connectivity index (χ0n) is 12.9. The normalized spacial score (nSPS) is 12.0. The molecule has 2 N–H and O–H groups in total. The van der Waals surface area contributed by atoms with E-state index in [0.29, 0.717) is 17.5 Å². The van der Waals surface area contributed by atoms with E-state index < -0.39 is 11.9 Å². The molecule has 0 saturated carbocycles. The molecule has 2 aromatic rings. The van der Waals surface area contributed by atoms with Crippen LogP contribution < -0.4 is 5.32 Å². The lowest BCUT2D eigenvalue weighted by Gasteiger charge is -2.14. The third-order valence-corrected chi connectivity index (χ3v) is 3.45. The summed E-state index contributed by atoms with van der Waals surface area (Å²) >= 11 is 0. The Bertz CT molecular complexity index is 723. The first-order valence-electron chi connectivity index (χ1n) is 7.21. The third kappa shape index (κ3) is 4.18. The summed E-state index contributed by atoms with van der Waals surface area (Å²) in [5.41, 5.74) is 1.31. The van der Waals surface area contributed by atoms with Gasteiger partial charge in [-0.2, -0.15) is 0 Å². The van der Waals surface area contributed by atoms with Gasteiger partial charge in [-0.05, 0) is 31.9 Å². The van der Waals surface area contributed by atoms with Gasteiger partial charge in [0.1, 0.15) is 18.0 Å². The Morgan fingerprint density at radius 2 is 2.04 bits per heavy atom. The fourth-order valence-electron chi connectivity index (χ4n) is 2.41. The van der Waals surface area contributed by atoms with E-state index in [1.807, 2.05) is 0 Å². The van der Waals surface area contributed by atoms with Gasteiger partial charge >= 0.3 is 5.97 Å². The molecule has 1 aromatic heterocycles. The lowest BCUT2D eigenvalue weighted by atomic mass is 10.0. The average Bonchev–Trinajstić information content (AvgIpc) is 2.81. The molecule has 2 rings (SSSR count). The third-order valence-electron chi connectivity index (χ3n) is 3.45. The van der Waals surface area contributed by atoms with Crippen LogP contribution in [0.1, 0.15) is 34.2 Å². The molecule has 1 aromatic carbocycles. The standard InChI is InChI=1S/C17H18FNO4/c1-10-9-23-14(8-15(20)21)16(10)17(22)19-11(2)7-12-5-3-4-6-13(12)18/h3-6,9,11H,7-8H2,1-2H3,(H,19,22)(H,20,21). The van der Waals surface area contributed by atoms with Gasteiger partial charge in [0.15, 0.2) is 0 Å². The predicted molar refractivity (Wildman–Crippen MR) is 81.8 cm³/mol. The Hall–Kier alpha value is -2.63. The maximum atomic E-state index is 13.6. The molecular formula is C17H18FNO4. The van der Waals surface area contributed by atoms with Crippen LogP contribution in [0.5, 0.6) is 0 Å². The topological polar surface area (TPSA) is 79.5 Å². The Morgan fingerprint density at radius 3 is 2.70 bits per heavy atom. The van der Waals surface area contributed by atoms with Crippen molar-refractivity contribution in [1.82, 2.24) is 5.32 Å². The average molecular weight is 319 g/mol. The van der Waals surface area contributed by atoms with Crippen LogP contribution in [0.15, 0.2) is 34.9 Å². The zero-order chi connectivity index (χ0) is 17.0. The highest BCUT2D eigenvalue weighted by molar-refractivity contribution is 5.97. The number of carboxylic acids is 1.